The van der Waals surface area contributed by atoms with Crippen molar-refractivity contribution in [3.63, 3.8) is 0 Å². The van der Waals surface area contributed by atoms with Crippen LogP contribution in [0.15, 0.2) is 18.2 Å². The highest BCUT2D eigenvalue weighted by Crippen LogP contribution is 2.26. The summed E-state index contributed by atoms with van der Waals surface area (Å²) in [4.78, 5) is 2.39. The first-order chi connectivity index (χ1) is 10.2. The van der Waals surface area contributed by atoms with Gasteiger partial charge in [-0.25, -0.2) is 4.39 Å². The maximum Gasteiger partial charge on any atom is 0.123 e. The fourth-order valence-corrected chi connectivity index (χ4v) is 2.91. The molecule has 0 amide bonds. The highest BCUT2D eigenvalue weighted by Gasteiger charge is 2.29. The molecule has 21 heavy (non-hydrogen) atoms. The van der Waals surface area contributed by atoms with Crippen LogP contribution in [0.4, 0.5) is 4.39 Å². The number of nitrogens with one attached hydrogen (secondary N) is 1. The Balaban J connectivity index is 2.22. The van der Waals surface area contributed by atoms with Gasteiger partial charge in [-0.05, 0) is 49.7 Å². The minimum absolute atomic E-state index is 0.0509. The van der Waals surface area contributed by atoms with Gasteiger partial charge in [-0.1, -0.05) is 19.9 Å². The Morgan fingerprint density at radius 2 is 2.24 bits per heavy atom. The maximum atomic E-state index is 13.7. The van der Waals surface area contributed by atoms with E-state index in [1.54, 1.807) is 6.07 Å². The molecule has 0 aliphatic carbocycles. The quantitative estimate of drug-likeness (QED) is 0.873. The Kier molecular flexibility index (Phi) is 6.15. The van der Waals surface area contributed by atoms with Gasteiger partial charge < -0.3 is 10.1 Å². The number of morpholine rings is 1. The zero-order chi connectivity index (χ0) is 15.2. The molecule has 0 spiro atoms. The summed E-state index contributed by atoms with van der Waals surface area (Å²) < 4.78 is 19.7. The number of nitrogens with zero attached hydrogens (tertiary/aromatic N) is 1. The summed E-state index contributed by atoms with van der Waals surface area (Å²) in [5, 5.41) is 3.55. The van der Waals surface area contributed by atoms with Gasteiger partial charge in [0.2, 0.25) is 0 Å². The van der Waals surface area contributed by atoms with Crippen molar-refractivity contribution < 1.29 is 9.13 Å². The minimum atomic E-state index is -0.179. The summed E-state index contributed by atoms with van der Waals surface area (Å²) in [5.41, 5.74) is 2.13. The minimum Gasteiger partial charge on any atom is -0.374 e. The predicted octanol–water partition coefficient (Wildman–Crippen LogP) is 2.90. The number of halogens is 1. The van der Waals surface area contributed by atoms with Gasteiger partial charge in [-0.15, -0.1) is 0 Å². The van der Waals surface area contributed by atoms with Crippen LogP contribution >= 0.6 is 0 Å². The molecule has 0 saturated carbocycles. The lowest BCUT2D eigenvalue weighted by Gasteiger charge is -2.37. The van der Waals surface area contributed by atoms with Crippen LogP contribution in [0.25, 0.3) is 0 Å². The maximum absolute atomic E-state index is 13.7. The molecule has 1 fully saturated rings. The van der Waals surface area contributed by atoms with Gasteiger partial charge in [0, 0.05) is 13.1 Å². The van der Waals surface area contributed by atoms with Crippen LogP contribution in [0, 0.1) is 12.7 Å². The van der Waals surface area contributed by atoms with Gasteiger partial charge in [0.15, 0.2) is 0 Å². The van der Waals surface area contributed by atoms with Crippen LogP contribution in [0.3, 0.4) is 0 Å². The number of benzene rings is 1. The second-order valence-electron chi connectivity index (χ2n) is 5.74. The smallest absolute Gasteiger partial charge is 0.123 e. The number of ether oxygens (including phenoxy) is 1. The molecule has 0 radical (unpaired) electrons. The van der Waals surface area contributed by atoms with Crippen LogP contribution in [0.5, 0.6) is 0 Å². The number of aryl methyl sites for hydroxylation is 1. The molecule has 0 bridgehead atoms. The molecule has 118 valence electrons. The average Bonchev–Trinajstić information content (AvgIpc) is 2.51. The van der Waals surface area contributed by atoms with Crippen LogP contribution in [0.1, 0.15) is 37.4 Å². The Morgan fingerprint density at radius 1 is 1.43 bits per heavy atom. The van der Waals surface area contributed by atoms with E-state index in [1.807, 2.05) is 13.0 Å². The standard InChI is InChI=1S/C17H27FN2O/c1-4-8-19-17(15-11-14(18)7-6-13(15)3)16-12-20(5-2)9-10-21-16/h6-7,11,16-17,19H,4-5,8-10,12H2,1-3H3. The number of rotatable bonds is 6. The lowest BCUT2D eigenvalue weighted by atomic mass is 9.95. The Labute approximate surface area is 127 Å². The van der Waals surface area contributed by atoms with Crippen molar-refractivity contribution in [2.75, 3.05) is 32.8 Å². The summed E-state index contributed by atoms with van der Waals surface area (Å²) in [6, 6.07) is 5.08. The second-order valence-corrected chi connectivity index (χ2v) is 5.74. The normalized spacial score (nSPS) is 21.4. The first-order valence-electron chi connectivity index (χ1n) is 7.99. The molecule has 1 aliphatic rings. The molecule has 1 aromatic carbocycles. The summed E-state index contributed by atoms with van der Waals surface area (Å²) in [6.07, 6.45) is 1.13. The van der Waals surface area contributed by atoms with E-state index in [0.29, 0.717) is 0 Å². The molecule has 1 aliphatic heterocycles. The van der Waals surface area contributed by atoms with Crippen LogP contribution in [-0.2, 0) is 4.74 Å². The summed E-state index contributed by atoms with van der Waals surface area (Å²) in [6.45, 7) is 10.9. The first-order valence-corrected chi connectivity index (χ1v) is 7.99. The summed E-state index contributed by atoms with van der Waals surface area (Å²) in [7, 11) is 0. The van der Waals surface area contributed by atoms with Gasteiger partial charge in [0.25, 0.3) is 0 Å². The van der Waals surface area contributed by atoms with Gasteiger partial charge in [0.1, 0.15) is 5.82 Å². The molecule has 1 N–H and O–H groups in total. The van der Waals surface area contributed by atoms with Crippen molar-refractivity contribution in [1.82, 2.24) is 10.2 Å². The van der Waals surface area contributed by atoms with Crippen LogP contribution < -0.4 is 5.32 Å². The van der Waals surface area contributed by atoms with Gasteiger partial charge in [-0.2, -0.15) is 0 Å². The Morgan fingerprint density at radius 3 is 2.95 bits per heavy atom. The van der Waals surface area contributed by atoms with E-state index in [1.165, 1.54) is 6.07 Å². The monoisotopic (exact) mass is 294 g/mol. The van der Waals surface area contributed by atoms with Crippen LogP contribution in [0.2, 0.25) is 0 Å². The highest BCUT2D eigenvalue weighted by molar-refractivity contribution is 5.30. The molecule has 1 heterocycles. The van der Waals surface area contributed by atoms with Crippen molar-refractivity contribution >= 4 is 0 Å². The van der Waals surface area contributed by atoms with Crippen molar-refractivity contribution in [3.8, 4) is 0 Å². The van der Waals surface area contributed by atoms with E-state index >= 15 is 0 Å². The van der Waals surface area contributed by atoms with E-state index in [-0.39, 0.29) is 18.0 Å². The van der Waals surface area contributed by atoms with Crippen LogP contribution in [-0.4, -0.2) is 43.8 Å². The third-order valence-electron chi connectivity index (χ3n) is 4.19. The fourth-order valence-electron chi connectivity index (χ4n) is 2.91. The summed E-state index contributed by atoms with van der Waals surface area (Å²) in [5.74, 6) is -0.179. The van der Waals surface area contributed by atoms with Crippen molar-refractivity contribution in [3.05, 3.63) is 35.1 Å². The van der Waals surface area contributed by atoms with Gasteiger partial charge >= 0.3 is 0 Å². The van der Waals surface area contributed by atoms with E-state index < -0.39 is 0 Å². The lowest BCUT2D eigenvalue weighted by Crippen LogP contribution is -2.48. The molecule has 2 atom stereocenters. The number of hydrogen-bond acceptors (Lipinski definition) is 3. The molecule has 2 rings (SSSR count). The molecule has 1 aromatic rings. The van der Waals surface area contributed by atoms with Gasteiger partial charge in [-0.3, -0.25) is 4.90 Å². The molecule has 2 unspecified atom stereocenters. The first kappa shape index (κ1) is 16.4. The van der Waals surface area contributed by atoms with E-state index in [9.17, 15) is 4.39 Å². The second kappa shape index (κ2) is 7.87. The number of hydrogen-bond donors (Lipinski definition) is 1. The van der Waals surface area contributed by atoms with Crippen molar-refractivity contribution in [2.24, 2.45) is 0 Å². The molecular formula is C17H27FN2O. The molecular weight excluding hydrogens is 267 g/mol. The third-order valence-corrected chi connectivity index (χ3v) is 4.19. The number of likely N-dealkylation sites (N-methyl/N-ethyl adjacent to an activating group) is 1. The third kappa shape index (κ3) is 4.25. The van der Waals surface area contributed by atoms with Crippen molar-refractivity contribution in [2.45, 2.75) is 39.3 Å². The Hall–Kier alpha value is -0.970. The summed E-state index contributed by atoms with van der Waals surface area (Å²) >= 11 is 0. The molecule has 0 aromatic heterocycles. The van der Waals surface area contributed by atoms with E-state index in [4.69, 9.17) is 4.74 Å². The highest BCUT2D eigenvalue weighted by atomic mass is 19.1. The Bertz CT molecular complexity index is 452. The van der Waals surface area contributed by atoms with Gasteiger partial charge in [0.05, 0.1) is 18.8 Å². The fraction of sp³-hybridized carbons (Fsp3) is 0.647. The van der Waals surface area contributed by atoms with Crippen molar-refractivity contribution in [1.29, 1.82) is 0 Å². The zero-order valence-corrected chi connectivity index (χ0v) is 13.4. The topological polar surface area (TPSA) is 24.5 Å². The average molecular weight is 294 g/mol. The lowest BCUT2D eigenvalue weighted by molar-refractivity contribution is -0.0457. The largest absolute Gasteiger partial charge is 0.374 e. The van der Waals surface area contributed by atoms with E-state index in [2.05, 4.69) is 24.1 Å². The van der Waals surface area contributed by atoms with E-state index in [0.717, 1.165) is 50.3 Å². The molecule has 4 heteroatoms. The molecule has 3 nitrogen and oxygen atoms in total. The SMILES string of the molecule is CCCNC(c1cc(F)ccc1C)C1CN(CC)CCO1. The zero-order valence-electron chi connectivity index (χ0n) is 13.4. The molecule has 1 saturated heterocycles. The predicted molar refractivity (Wildman–Crippen MR) is 84.0 cm³/mol.